The first-order valence-corrected chi connectivity index (χ1v) is 9.34. The Labute approximate surface area is 162 Å². The molecule has 0 unspecified atom stereocenters. The summed E-state index contributed by atoms with van der Waals surface area (Å²) in [4.78, 5) is 2.43. The predicted octanol–water partition coefficient (Wildman–Crippen LogP) is 4.44. The van der Waals surface area contributed by atoms with Crippen LogP contribution in [0.1, 0.15) is 23.1 Å². The van der Waals surface area contributed by atoms with Crippen LogP contribution in [0.4, 0.5) is 18.9 Å². The molecule has 0 spiro atoms. The van der Waals surface area contributed by atoms with E-state index in [1.807, 2.05) is 0 Å². The minimum Gasteiger partial charge on any atom is -0.362 e. The first-order valence-electron chi connectivity index (χ1n) is 8.93. The fourth-order valence-corrected chi connectivity index (χ4v) is 3.39. The van der Waals surface area contributed by atoms with Gasteiger partial charge in [0.2, 0.25) is 0 Å². The predicted molar refractivity (Wildman–Crippen MR) is 106 cm³/mol. The van der Waals surface area contributed by atoms with Crippen molar-refractivity contribution >= 4 is 23.0 Å². The summed E-state index contributed by atoms with van der Waals surface area (Å²) in [6, 6.07) is 13.4. The number of alkyl halides is 3. The SMILES string of the molecule is FC(F)(F)c1ccc(NC(=S)NCCCN2CCc3ccccc3C2)cc1. The van der Waals surface area contributed by atoms with Crippen LogP contribution in [-0.2, 0) is 19.1 Å². The topological polar surface area (TPSA) is 27.3 Å². The highest BCUT2D eigenvalue weighted by atomic mass is 32.1. The Balaban J connectivity index is 1.36. The van der Waals surface area contributed by atoms with E-state index < -0.39 is 11.7 Å². The van der Waals surface area contributed by atoms with Crippen LogP contribution in [0.2, 0.25) is 0 Å². The Bertz CT molecular complexity index is 775. The van der Waals surface area contributed by atoms with Crippen LogP contribution < -0.4 is 10.6 Å². The second kappa shape index (κ2) is 8.71. The average Bonchev–Trinajstić information content (AvgIpc) is 2.65. The summed E-state index contributed by atoms with van der Waals surface area (Å²) in [5.41, 5.74) is 2.70. The van der Waals surface area contributed by atoms with Gasteiger partial charge in [-0.15, -0.1) is 0 Å². The number of nitrogens with one attached hydrogen (secondary N) is 2. The highest BCUT2D eigenvalue weighted by Gasteiger charge is 2.29. The summed E-state index contributed by atoms with van der Waals surface area (Å²) >= 11 is 5.21. The molecule has 1 aliphatic heterocycles. The number of benzene rings is 2. The van der Waals surface area contributed by atoms with Gasteiger partial charge in [0.25, 0.3) is 0 Å². The third-order valence-electron chi connectivity index (χ3n) is 4.62. The van der Waals surface area contributed by atoms with Crippen molar-refractivity contribution in [3.05, 3.63) is 65.2 Å². The van der Waals surface area contributed by atoms with Crippen molar-refractivity contribution in [3.8, 4) is 0 Å². The number of hydrogen-bond acceptors (Lipinski definition) is 2. The Morgan fingerprint density at radius 2 is 1.74 bits per heavy atom. The molecule has 27 heavy (non-hydrogen) atoms. The zero-order valence-corrected chi connectivity index (χ0v) is 15.7. The minimum atomic E-state index is -4.33. The molecule has 0 bridgehead atoms. The molecule has 0 aromatic heterocycles. The van der Waals surface area contributed by atoms with Crippen molar-refractivity contribution in [3.63, 3.8) is 0 Å². The smallest absolute Gasteiger partial charge is 0.362 e. The van der Waals surface area contributed by atoms with Gasteiger partial charge in [0.05, 0.1) is 5.56 Å². The molecule has 3 nitrogen and oxygen atoms in total. The largest absolute Gasteiger partial charge is 0.416 e. The number of anilines is 1. The number of fused-ring (bicyclic) bond motifs is 1. The zero-order chi connectivity index (χ0) is 19.3. The van der Waals surface area contributed by atoms with Gasteiger partial charge in [-0.05, 0) is 60.5 Å². The fourth-order valence-electron chi connectivity index (χ4n) is 3.17. The van der Waals surface area contributed by atoms with E-state index in [9.17, 15) is 13.2 Å². The molecular weight excluding hydrogens is 371 g/mol. The van der Waals surface area contributed by atoms with E-state index in [0.29, 0.717) is 17.3 Å². The van der Waals surface area contributed by atoms with Crippen LogP contribution in [0.5, 0.6) is 0 Å². The van der Waals surface area contributed by atoms with Gasteiger partial charge in [-0.25, -0.2) is 0 Å². The van der Waals surface area contributed by atoms with Crippen LogP contribution in [0, 0.1) is 0 Å². The maximum Gasteiger partial charge on any atom is 0.416 e. The van der Waals surface area contributed by atoms with Gasteiger partial charge >= 0.3 is 6.18 Å². The van der Waals surface area contributed by atoms with Crippen molar-refractivity contribution in [2.45, 2.75) is 25.6 Å². The monoisotopic (exact) mass is 393 g/mol. The molecule has 0 saturated heterocycles. The maximum atomic E-state index is 12.6. The molecule has 0 atom stereocenters. The highest BCUT2D eigenvalue weighted by Crippen LogP contribution is 2.29. The van der Waals surface area contributed by atoms with Gasteiger partial charge in [0, 0.05) is 31.9 Å². The number of hydrogen-bond donors (Lipinski definition) is 2. The standard InChI is InChI=1S/C20H22F3N3S/c21-20(22,23)17-6-8-18(9-7-17)25-19(27)24-11-3-12-26-13-10-15-4-1-2-5-16(15)14-26/h1-2,4-9H,3,10-14H2,(H2,24,25,27). The lowest BCUT2D eigenvalue weighted by atomic mass is 10.00. The van der Waals surface area contributed by atoms with Gasteiger partial charge in [-0.2, -0.15) is 13.2 Å². The van der Waals surface area contributed by atoms with Crippen LogP contribution in [0.25, 0.3) is 0 Å². The molecular formula is C20H22F3N3S. The highest BCUT2D eigenvalue weighted by molar-refractivity contribution is 7.80. The summed E-state index contributed by atoms with van der Waals surface area (Å²) in [6.07, 6.45) is -2.30. The summed E-state index contributed by atoms with van der Waals surface area (Å²) in [7, 11) is 0. The molecule has 0 radical (unpaired) electrons. The maximum absolute atomic E-state index is 12.6. The molecule has 3 rings (SSSR count). The second-order valence-electron chi connectivity index (χ2n) is 6.60. The third-order valence-corrected chi connectivity index (χ3v) is 4.86. The van der Waals surface area contributed by atoms with Crippen molar-refractivity contribution in [1.29, 1.82) is 0 Å². The molecule has 144 valence electrons. The molecule has 2 N–H and O–H groups in total. The number of thiocarbonyl (C=S) groups is 1. The van der Waals surface area contributed by atoms with Crippen molar-refractivity contribution < 1.29 is 13.2 Å². The van der Waals surface area contributed by atoms with E-state index in [1.54, 1.807) is 0 Å². The van der Waals surface area contributed by atoms with Crippen LogP contribution in [0.15, 0.2) is 48.5 Å². The number of nitrogens with zero attached hydrogens (tertiary/aromatic N) is 1. The number of halogens is 3. The summed E-state index contributed by atoms with van der Waals surface area (Å²) in [5.74, 6) is 0. The van der Waals surface area contributed by atoms with Gasteiger partial charge < -0.3 is 10.6 Å². The lowest BCUT2D eigenvalue weighted by molar-refractivity contribution is -0.137. The Morgan fingerprint density at radius 1 is 1.04 bits per heavy atom. The Morgan fingerprint density at radius 3 is 2.44 bits per heavy atom. The van der Waals surface area contributed by atoms with E-state index in [1.165, 1.54) is 23.3 Å². The van der Waals surface area contributed by atoms with Gasteiger partial charge in [-0.1, -0.05) is 24.3 Å². The first-order chi connectivity index (χ1) is 12.9. The van der Waals surface area contributed by atoms with E-state index >= 15 is 0 Å². The van der Waals surface area contributed by atoms with Crippen LogP contribution >= 0.6 is 12.2 Å². The lowest BCUT2D eigenvalue weighted by Crippen LogP contribution is -2.34. The van der Waals surface area contributed by atoms with Gasteiger partial charge in [0.1, 0.15) is 0 Å². The molecule has 1 aliphatic rings. The van der Waals surface area contributed by atoms with Crippen LogP contribution in [-0.4, -0.2) is 29.6 Å². The van der Waals surface area contributed by atoms with Crippen molar-refractivity contribution in [2.75, 3.05) is 25.0 Å². The average molecular weight is 393 g/mol. The fraction of sp³-hybridized carbons (Fsp3) is 0.350. The molecule has 7 heteroatoms. The zero-order valence-electron chi connectivity index (χ0n) is 14.9. The van der Waals surface area contributed by atoms with Crippen molar-refractivity contribution in [1.82, 2.24) is 10.2 Å². The first kappa shape index (κ1) is 19.6. The molecule has 0 amide bonds. The molecule has 0 saturated carbocycles. The van der Waals surface area contributed by atoms with Gasteiger partial charge in [0.15, 0.2) is 5.11 Å². The summed E-state index contributed by atoms with van der Waals surface area (Å²) in [6.45, 7) is 3.73. The summed E-state index contributed by atoms with van der Waals surface area (Å²) < 4.78 is 37.7. The Hall–Kier alpha value is -2.12. The summed E-state index contributed by atoms with van der Waals surface area (Å²) in [5, 5.41) is 6.43. The molecule has 2 aromatic rings. The van der Waals surface area contributed by atoms with Crippen molar-refractivity contribution in [2.24, 2.45) is 0 Å². The molecule has 2 aromatic carbocycles. The minimum absolute atomic E-state index is 0.416. The molecule has 1 heterocycles. The van der Waals surface area contributed by atoms with Gasteiger partial charge in [-0.3, -0.25) is 4.90 Å². The number of rotatable bonds is 5. The van der Waals surface area contributed by atoms with E-state index in [-0.39, 0.29) is 0 Å². The quantitative estimate of drug-likeness (QED) is 0.580. The van der Waals surface area contributed by atoms with Crippen LogP contribution in [0.3, 0.4) is 0 Å². The second-order valence-corrected chi connectivity index (χ2v) is 7.01. The van der Waals surface area contributed by atoms with E-state index in [4.69, 9.17) is 12.2 Å². The van der Waals surface area contributed by atoms with E-state index in [0.717, 1.165) is 44.6 Å². The lowest BCUT2D eigenvalue weighted by Gasteiger charge is -2.28. The molecule has 0 fully saturated rings. The van der Waals surface area contributed by atoms with E-state index in [2.05, 4.69) is 39.8 Å². The molecule has 0 aliphatic carbocycles. The third kappa shape index (κ3) is 5.68. The Kier molecular flexibility index (Phi) is 6.34. The normalized spacial score (nSPS) is 14.5.